The van der Waals surface area contributed by atoms with E-state index in [1.807, 2.05) is 6.92 Å². The van der Waals surface area contributed by atoms with Gasteiger partial charge in [0.2, 0.25) is 10.0 Å². The van der Waals surface area contributed by atoms with Crippen molar-refractivity contribution in [3.63, 3.8) is 0 Å². The number of benzene rings is 2. The fraction of sp³-hybridized carbons (Fsp3) is 0.308. The average Bonchev–Trinajstić information content (AvgIpc) is 3.56. The molecule has 1 atom stereocenters. The molecule has 36 heavy (non-hydrogen) atoms. The molecular formula is C26H26FN3O4S2. The topological polar surface area (TPSA) is 83.7 Å². The number of halogens is 1. The number of carbonyl (C=O) groups is 1. The van der Waals surface area contributed by atoms with E-state index < -0.39 is 10.0 Å². The summed E-state index contributed by atoms with van der Waals surface area (Å²) in [6, 6.07) is 13.8. The minimum atomic E-state index is -3.65. The molecule has 0 spiro atoms. The fourth-order valence-electron chi connectivity index (χ4n) is 4.55. The SMILES string of the molecule is CCC1CCCCN1S(=O)(=O)c1ccc(C(=O)N(Cc2ccco2)c2nc3ccc(F)cc3s2)cc1. The number of aromatic nitrogens is 1. The Balaban J connectivity index is 1.45. The van der Waals surface area contributed by atoms with Crippen LogP contribution in [0, 0.1) is 5.82 Å². The molecule has 1 saturated heterocycles. The highest BCUT2D eigenvalue weighted by Gasteiger charge is 2.32. The maximum atomic E-state index is 13.7. The largest absolute Gasteiger partial charge is 0.467 e. The molecule has 0 radical (unpaired) electrons. The molecule has 2 aromatic carbocycles. The van der Waals surface area contributed by atoms with Gasteiger partial charge >= 0.3 is 0 Å². The van der Waals surface area contributed by atoms with Crippen molar-refractivity contribution in [2.75, 3.05) is 11.4 Å². The minimum absolute atomic E-state index is 0.00211. The second kappa shape index (κ2) is 10.1. The van der Waals surface area contributed by atoms with Gasteiger partial charge in [-0.1, -0.05) is 24.7 Å². The Labute approximate surface area is 213 Å². The summed E-state index contributed by atoms with van der Waals surface area (Å²) in [4.78, 5) is 19.8. The highest BCUT2D eigenvalue weighted by Crippen LogP contribution is 2.32. The van der Waals surface area contributed by atoms with Crippen LogP contribution in [0.5, 0.6) is 0 Å². The minimum Gasteiger partial charge on any atom is -0.467 e. The van der Waals surface area contributed by atoms with Crippen LogP contribution in [0.15, 0.2) is 70.2 Å². The molecule has 2 aromatic heterocycles. The summed E-state index contributed by atoms with van der Waals surface area (Å²) in [5.74, 6) is -0.180. The van der Waals surface area contributed by atoms with Crippen molar-refractivity contribution in [3.05, 3.63) is 78.0 Å². The molecule has 1 aliphatic heterocycles. The van der Waals surface area contributed by atoms with Crippen molar-refractivity contribution in [3.8, 4) is 0 Å². The van der Waals surface area contributed by atoms with Gasteiger partial charge in [-0.05, 0) is 73.9 Å². The molecule has 0 N–H and O–H groups in total. The van der Waals surface area contributed by atoms with Crippen LogP contribution < -0.4 is 4.90 Å². The van der Waals surface area contributed by atoms with Crippen molar-refractivity contribution in [1.29, 1.82) is 0 Å². The summed E-state index contributed by atoms with van der Waals surface area (Å²) in [5, 5.41) is 0.396. The van der Waals surface area contributed by atoms with E-state index in [0.717, 1.165) is 25.7 Å². The second-order valence-electron chi connectivity index (χ2n) is 8.78. The smallest absolute Gasteiger partial charge is 0.260 e. The lowest BCUT2D eigenvalue weighted by Crippen LogP contribution is -2.43. The van der Waals surface area contributed by atoms with Gasteiger partial charge in [-0.25, -0.2) is 17.8 Å². The first-order valence-electron chi connectivity index (χ1n) is 11.9. The maximum Gasteiger partial charge on any atom is 0.260 e. The molecule has 1 aliphatic rings. The molecule has 1 unspecified atom stereocenters. The molecule has 1 fully saturated rings. The summed E-state index contributed by atoms with van der Waals surface area (Å²) in [6.45, 7) is 2.64. The van der Waals surface area contributed by atoms with E-state index in [1.165, 1.54) is 58.9 Å². The van der Waals surface area contributed by atoms with Crippen LogP contribution in [0.25, 0.3) is 10.2 Å². The van der Waals surface area contributed by atoms with Crippen LogP contribution in [-0.4, -0.2) is 36.2 Å². The van der Waals surface area contributed by atoms with Gasteiger partial charge in [0.25, 0.3) is 5.91 Å². The van der Waals surface area contributed by atoms with Gasteiger partial charge in [0.15, 0.2) is 5.13 Å². The summed E-state index contributed by atoms with van der Waals surface area (Å²) >= 11 is 1.20. The number of furan rings is 1. The molecule has 0 bridgehead atoms. The number of anilines is 1. The summed E-state index contributed by atoms with van der Waals surface area (Å²) in [5.41, 5.74) is 0.902. The van der Waals surface area contributed by atoms with Gasteiger partial charge in [0, 0.05) is 18.2 Å². The standard InChI is InChI=1S/C26H26FN3O4S2/c1-2-20-6-3-4-14-30(20)36(32,33)22-11-8-18(9-12-22)25(31)29(17-21-7-5-15-34-21)26-28-23-13-10-19(27)16-24(23)35-26/h5,7-13,15-16,20H,2-4,6,14,17H2,1H3. The number of piperidine rings is 1. The quantitative estimate of drug-likeness (QED) is 0.302. The third kappa shape index (κ3) is 4.80. The molecule has 7 nitrogen and oxygen atoms in total. The Morgan fingerprint density at radius 1 is 1.19 bits per heavy atom. The third-order valence-electron chi connectivity index (χ3n) is 6.46. The summed E-state index contributed by atoms with van der Waals surface area (Å²) in [6.07, 6.45) is 5.03. The van der Waals surface area contributed by atoms with E-state index in [4.69, 9.17) is 4.42 Å². The van der Waals surface area contributed by atoms with E-state index in [-0.39, 0.29) is 29.2 Å². The number of hydrogen-bond acceptors (Lipinski definition) is 6. The summed E-state index contributed by atoms with van der Waals surface area (Å²) < 4.78 is 48.0. The number of rotatable bonds is 7. The highest BCUT2D eigenvalue weighted by atomic mass is 32.2. The average molecular weight is 528 g/mol. The zero-order valence-corrected chi connectivity index (χ0v) is 21.4. The van der Waals surface area contributed by atoms with Gasteiger partial charge in [-0.15, -0.1) is 0 Å². The van der Waals surface area contributed by atoms with E-state index in [9.17, 15) is 17.6 Å². The summed E-state index contributed by atoms with van der Waals surface area (Å²) in [7, 11) is -3.65. The highest BCUT2D eigenvalue weighted by molar-refractivity contribution is 7.89. The number of sulfonamides is 1. The van der Waals surface area contributed by atoms with Crippen LogP contribution in [0.1, 0.15) is 48.7 Å². The van der Waals surface area contributed by atoms with Crippen molar-refractivity contribution in [1.82, 2.24) is 9.29 Å². The fourth-order valence-corrected chi connectivity index (χ4v) is 7.30. The van der Waals surface area contributed by atoms with E-state index >= 15 is 0 Å². The van der Waals surface area contributed by atoms with E-state index in [2.05, 4.69) is 4.98 Å². The van der Waals surface area contributed by atoms with Crippen LogP contribution in [0.3, 0.4) is 0 Å². The van der Waals surface area contributed by atoms with Crippen molar-refractivity contribution in [2.45, 2.75) is 50.1 Å². The number of nitrogens with zero attached hydrogens (tertiary/aromatic N) is 3. The van der Waals surface area contributed by atoms with Crippen molar-refractivity contribution in [2.24, 2.45) is 0 Å². The van der Waals surface area contributed by atoms with Crippen LogP contribution in [0.4, 0.5) is 9.52 Å². The molecule has 10 heteroatoms. The Morgan fingerprint density at radius 2 is 2.00 bits per heavy atom. The molecule has 4 aromatic rings. The number of fused-ring (bicyclic) bond motifs is 1. The predicted molar refractivity (Wildman–Crippen MR) is 137 cm³/mol. The van der Waals surface area contributed by atoms with Gasteiger partial charge in [-0.3, -0.25) is 9.69 Å². The van der Waals surface area contributed by atoms with E-state index in [0.29, 0.717) is 33.2 Å². The number of carbonyl (C=O) groups excluding carboxylic acids is 1. The Morgan fingerprint density at radius 3 is 2.72 bits per heavy atom. The molecule has 1 amide bonds. The number of amides is 1. The zero-order chi connectivity index (χ0) is 25.3. The Hall–Kier alpha value is -3.08. The van der Waals surface area contributed by atoms with Gasteiger partial charge < -0.3 is 4.42 Å². The van der Waals surface area contributed by atoms with Crippen LogP contribution in [0.2, 0.25) is 0 Å². The second-order valence-corrected chi connectivity index (χ2v) is 11.7. The first kappa shape index (κ1) is 24.6. The monoisotopic (exact) mass is 527 g/mol. The molecule has 5 rings (SSSR count). The molecule has 3 heterocycles. The molecule has 188 valence electrons. The first-order valence-corrected chi connectivity index (χ1v) is 14.1. The van der Waals surface area contributed by atoms with Crippen LogP contribution >= 0.6 is 11.3 Å². The predicted octanol–water partition coefficient (Wildman–Crippen LogP) is 5.83. The van der Waals surface area contributed by atoms with Crippen molar-refractivity contribution < 1.29 is 22.0 Å². The Kier molecular flexibility index (Phi) is 6.92. The van der Waals surface area contributed by atoms with Gasteiger partial charge in [0.05, 0.1) is 27.9 Å². The lowest BCUT2D eigenvalue weighted by atomic mass is 10.0. The number of thiazole rings is 1. The lowest BCUT2D eigenvalue weighted by Gasteiger charge is -2.34. The lowest BCUT2D eigenvalue weighted by molar-refractivity contribution is 0.0983. The first-order chi connectivity index (χ1) is 17.4. The zero-order valence-electron chi connectivity index (χ0n) is 19.8. The molecular weight excluding hydrogens is 501 g/mol. The van der Waals surface area contributed by atoms with Crippen LogP contribution in [-0.2, 0) is 16.6 Å². The van der Waals surface area contributed by atoms with Gasteiger partial charge in [0.1, 0.15) is 11.6 Å². The molecule has 0 saturated carbocycles. The maximum absolute atomic E-state index is 13.7. The molecule has 0 aliphatic carbocycles. The third-order valence-corrected chi connectivity index (χ3v) is 9.47. The Bertz CT molecular complexity index is 1470. The van der Waals surface area contributed by atoms with E-state index in [1.54, 1.807) is 22.5 Å². The number of hydrogen-bond donors (Lipinski definition) is 0. The van der Waals surface area contributed by atoms with Crippen molar-refractivity contribution >= 4 is 42.6 Å². The normalized spacial score (nSPS) is 16.9. The van der Waals surface area contributed by atoms with Gasteiger partial charge in [-0.2, -0.15) is 4.31 Å².